The zero-order valence-corrected chi connectivity index (χ0v) is 11.2. The van der Waals surface area contributed by atoms with E-state index >= 15 is 0 Å². The Bertz CT molecular complexity index is 651. The average Bonchev–Trinajstić information content (AvgIpc) is 2.84. The van der Waals surface area contributed by atoms with E-state index in [9.17, 15) is 14.0 Å². The van der Waals surface area contributed by atoms with E-state index < -0.39 is 11.9 Å². The van der Waals surface area contributed by atoms with Crippen LogP contribution in [0.4, 0.5) is 4.39 Å². The Labute approximate surface area is 115 Å². The number of nitrogens with one attached hydrogen (secondary N) is 2. The lowest BCUT2D eigenvalue weighted by molar-refractivity contribution is -0.141. The van der Waals surface area contributed by atoms with E-state index in [4.69, 9.17) is 0 Å². The van der Waals surface area contributed by atoms with Crippen LogP contribution in [0.1, 0.15) is 23.8 Å². The van der Waals surface area contributed by atoms with Crippen LogP contribution >= 0.6 is 0 Å². The summed E-state index contributed by atoms with van der Waals surface area (Å²) < 4.78 is 18.1. The zero-order valence-electron chi connectivity index (χ0n) is 11.2. The van der Waals surface area contributed by atoms with Crippen molar-refractivity contribution in [3.05, 3.63) is 35.8 Å². The van der Waals surface area contributed by atoms with E-state index in [1.807, 2.05) is 0 Å². The first-order chi connectivity index (χ1) is 9.51. The lowest BCUT2D eigenvalue weighted by atomic mass is 10.2. The maximum absolute atomic E-state index is 13.5. The van der Waals surface area contributed by atoms with Crippen molar-refractivity contribution in [1.29, 1.82) is 0 Å². The van der Waals surface area contributed by atoms with E-state index in [1.165, 1.54) is 19.2 Å². The third-order valence-corrected chi connectivity index (χ3v) is 2.93. The molecule has 5 nitrogen and oxygen atoms in total. The van der Waals surface area contributed by atoms with Gasteiger partial charge in [0.2, 0.25) is 0 Å². The monoisotopic (exact) mass is 278 g/mol. The fourth-order valence-corrected chi connectivity index (χ4v) is 1.93. The SMILES string of the molecule is COC(=O)C[C@@H](C)NC(=O)c1cc2c(F)cccc2[nH]1. The maximum Gasteiger partial charge on any atom is 0.307 e. The van der Waals surface area contributed by atoms with Gasteiger partial charge in [-0.1, -0.05) is 6.07 Å². The van der Waals surface area contributed by atoms with Gasteiger partial charge in [-0.15, -0.1) is 0 Å². The van der Waals surface area contributed by atoms with E-state index in [2.05, 4.69) is 15.0 Å². The number of ether oxygens (including phenoxy) is 1. The van der Waals surface area contributed by atoms with E-state index in [0.717, 1.165) is 0 Å². The number of hydrogen-bond donors (Lipinski definition) is 2. The lowest BCUT2D eigenvalue weighted by Crippen LogP contribution is -2.34. The van der Waals surface area contributed by atoms with E-state index in [0.29, 0.717) is 10.9 Å². The number of hydrogen-bond acceptors (Lipinski definition) is 3. The van der Waals surface area contributed by atoms with Crippen molar-refractivity contribution in [2.45, 2.75) is 19.4 Å². The molecule has 0 unspecified atom stereocenters. The molecule has 0 saturated heterocycles. The molecule has 0 aliphatic carbocycles. The summed E-state index contributed by atoms with van der Waals surface area (Å²) in [6, 6.07) is 5.66. The van der Waals surface area contributed by atoms with Crippen LogP contribution in [-0.4, -0.2) is 30.0 Å². The van der Waals surface area contributed by atoms with Crippen LogP contribution in [0.5, 0.6) is 0 Å². The van der Waals surface area contributed by atoms with Gasteiger partial charge in [0.1, 0.15) is 11.5 Å². The molecule has 0 saturated carbocycles. The van der Waals surface area contributed by atoms with Gasteiger partial charge in [0, 0.05) is 16.9 Å². The molecule has 2 N–H and O–H groups in total. The van der Waals surface area contributed by atoms with Crippen LogP contribution in [-0.2, 0) is 9.53 Å². The molecule has 2 rings (SSSR count). The quantitative estimate of drug-likeness (QED) is 0.840. The van der Waals surface area contributed by atoms with Gasteiger partial charge < -0.3 is 15.0 Å². The van der Waals surface area contributed by atoms with Crippen molar-refractivity contribution >= 4 is 22.8 Å². The smallest absolute Gasteiger partial charge is 0.307 e. The highest BCUT2D eigenvalue weighted by Crippen LogP contribution is 2.18. The van der Waals surface area contributed by atoms with Crippen LogP contribution in [0.2, 0.25) is 0 Å². The standard InChI is InChI=1S/C14H15FN2O3/c1-8(6-13(18)20-2)16-14(19)12-7-9-10(15)4-3-5-11(9)17-12/h3-5,7-8,17H,6H2,1-2H3,(H,16,19)/t8-/m1/s1. The number of H-pyrrole nitrogens is 1. The Kier molecular flexibility index (Phi) is 4.02. The highest BCUT2D eigenvalue weighted by Gasteiger charge is 2.16. The predicted octanol–water partition coefficient (Wildman–Crippen LogP) is 1.99. The van der Waals surface area contributed by atoms with Crippen molar-refractivity contribution in [2.24, 2.45) is 0 Å². The number of methoxy groups -OCH3 is 1. The first kappa shape index (κ1) is 14.0. The summed E-state index contributed by atoms with van der Waals surface area (Å²) in [6.45, 7) is 1.69. The zero-order chi connectivity index (χ0) is 14.7. The third-order valence-electron chi connectivity index (χ3n) is 2.93. The molecule has 0 aliphatic heterocycles. The van der Waals surface area contributed by atoms with Crippen LogP contribution < -0.4 is 5.32 Å². The van der Waals surface area contributed by atoms with Crippen molar-refractivity contribution in [3.63, 3.8) is 0 Å². The second kappa shape index (κ2) is 5.73. The molecule has 1 atom stereocenters. The summed E-state index contributed by atoms with van der Waals surface area (Å²) in [5, 5.41) is 3.01. The number of amides is 1. The Balaban J connectivity index is 2.11. The van der Waals surface area contributed by atoms with Crippen LogP contribution in [0.15, 0.2) is 24.3 Å². The summed E-state index contributed by atoms with van der Waals surface area (Å²) in [6.07, 6.45) is 0.0802. The summed E-state index contributed by atoms with van der Waals surface area (Å²) in [7, 11) is 1.29. The van der Waals surface area contributed by atoms with Gasteiger partial charge >= 0.3 is 5.97 Å². The minimum Gasteiger partial charge on any atom is -0.469 e. The van der Waals surface area contributed by atoms with Gasteiger partial charge in [0.05, 0.1) is 13.5 Å². The first-order valence-corrected chi connectivity index (χ1v) is 6.16. The van der Waals surface area contributed by atoms with E-state index in [1.54, 1.807) is 19.1 Å². The molecule has 0 bridgehead atoms. The molecule has 0 spiro atoms. The Hall–Kier alpha value is -2.37. The van der Waals surface area contributed by atoms with Crippen LogP contribution in [0.25, 0.3) is 10.9 Å². The number of benzene rings is 1. The number of rotatable bonds is 4. The highest BCUT2D eigenvalue weighted by atomic mass is 19.1. The molecule has 6 heteroatoms. The molecule has 1 heterocycles. The van der Waals surface area contributed by atoms with Gasteiger partial charge in [0.25, 0.3) is 5.91 Å². The summed E-state index contributed by atoms with van der Waals surface area (Å²) in [5.41, 5.74) is 0.803. The maximum atomic E-state index is 13.5. The average molecular weight is 278 g/mol. The van der Waals surface area contributed by atoms with Crippen molar-refractivity contribution in [3.8, 4) is 0 Å². The number of aromatic nitrogens is 1. The fourth-order valence-electron chi connectivity index (χ4n) is 1.93. The number of carbonyl (C=O) groups excluding carboxylic acids is 2. The molecule has 1 amide bonds. The second-order valence-corrected chi connectivity index (χ2v) is 4.54. The second-order valence-electron chi connectivity index (χ2n) is 4.54. The largest absolute Gasteiger partial charge is 0.469 e. The summed E-state index contributed by atoms with van der Waals surface area (Å²) in [5.74, 6) is -1.18. The fraction of sp³-hybridized carbons (Fsp3) is 0.286. The molecular weight excluding hydrogens is 263 g/mol. The number of fused-ring (bicyclic) bond motifs is 1. The molecule has 1 aromatic heterocycles. The van der Waals surface area contributed by atoms with Gasteiger partial charge in [-0.2, -0.15) is 0 Å². The molecule has 0 radical (unpaired) electrons. The van der Waals surface area contributed by atoms with Gasteiger partial charge in [-0.25, -0.2) is 4.39 Å². The Morgan fingerprint density at radius 1 is 1.45 bits per heavy atom. The number of carbonyl (C=O) groups is 2. The number of esters is 1. The Morgan fingerprint density at radius 2 is 2.20 bits per heavy atom. The van der Waals surface area contributed by atoms with Gasteiger partial charge in [-0.3, -0.25) is 9.59 Å². The van der Waals surface area contributed by atoms with E-state index in [-0.39, 0.29) is 24.0 Å². The van der Waals surface area contributed by atoms with Crippen LogP contribution in [0, 0.1) is 5.82 Å². The highest BCUT2D eigenvalue weighted by molar-refractivity contribution is 5.98. The first-order valence-electron chi connectivity index (χ1n) is 6.16. The molecule has 0 aliphatic rings. The topological polar surface area (TPSA) is 71.2 Å². The van der Waals surface area contributed by atoms with Gasteiger partial charge in [0.15, 0.2) is 0 Å². The normalized spacial score (nSPS) is 12.2. The summed E-state index contributed by atoms with van der Waals surface area (Å²) in [4.78, 5) is 25.9. The van der Waals surface area contributed by atoms with Gasteiger partial charge in [-0.05, 0) is 25.1 Å². The molecular formula is C14H15FN2O3. The molecule has 106 valence electrons. The van der Waals surface area contributed by atoms with Crippen LogP contribution in [0.3, 0.4) is 0 Å². The minimum atomic E-state index is -0.402. The molecule has 1 aromatic carbocycles. The number of aromatic amines is 1. The number of halogens is 1. The molecule has 0 fully saturated rings. The minimum absolute atomic E-state index is 0.0802. The van der Waals surface area contributed by atoms with Crippen molar-refractivity contribution < 1.29 is 18.7 Å². The molecule has 2 aromatic rings. The molecule has 20 heavy (non-hydrogen) atoms. The summed E-state index contributed by atoms with van der Waals surface area (Å²) >= 11 is 0. The third kappa shape index (κ3) is 2.96. The predicted molar refractivity (Wildman–Crippen MR) is 71.8 cm³/mol. The van der Waals surface area contributed by atoms with Crippen molar-refractivity contribution in [1.82, 2.24) is 10.3 Å². The lowest BCUT2D eigenvalue weighted by Gasteiger charge is -2.11. The Morgan fingerprint density at radius 3 is 2.85 bits per heavy atom. The van der Waals surface area contributed by atoms with Crippen molar-refractivity contribution in [2.75, 3.05) is 7.11 Å².